The summed E-state index contributed by atoms with van der Waals surface area (Å²) in [5.74, 6) is 0.338. The molecule has 4 aromatic rings. The van der Waals surface area contributed by atoms with Gasteiger partial charge in [-0.15, -0.1) is 0 Å². The van der Waals surface area contributed by atoms with Gasteiger partial charge in [0.25, 0.3) is 10.0 Å². The fourth-order valence-electron chi connectivity index (χ4n) is 2.78. The van der Waals surface area contributed by atoms with Crippen molar-refractivity contribution in [2.75, 3.05) is 10.5 Å². The number of para-hydroxylation sites is 1. The molecule has 0 amide bonds. The van der Waals surface area contributed by atoms with E-state index in [1.54, 1.807) is 36.4 Å². The van der Waals surface area contributed by atoms with Crippen LogP contribution in [0.25, 0.3) is 21.7 Å². The second-order valence-electron chi connectivity index (χ2n) is 5.73. The Labute approximate surface area is 145 Å². The van der Waals surface area contributed by atoms with Gasteiger partial charge in [0.15, 0.2) is 0 Å². The van der Waals surface area contributed by atoms with E-state index in [9.17, 15) is 8.42 Å². The molecule has 0 spiro atoms. The molecule has 0 fully saturated rings. The zero-order valence-electron chi connectivity index (χ0n) is 13.2. The third kappa shape index (κ3) is 2.88. The number of hydrogen-bond acceptors (Lipinski definition) is 4. The fraction of sp³-hybridized carbons (Fsp3) is 0. The Balaban J connectivity index is 1.79. The fourth-order valence-corrected chi connectivity index (χ4v) is 3.88. The van der Waals surface area contributed by atoms with Crippen LogP contribution in [0, 0.1) is 0 Å². The Kier molecular flexibility index (Phi) is 3.54. The van der Waals surface area contributed by atoms with Crippen molar-refractivity contribution in [1.82, 2.24) is 4.98 Å². The number of sulfonamides is 1. The number of nitrogen functional groups attached to an aromatic ring is 1. The van der Waals surface area contributed by atoms with E-state index in [-0.39, 0.29) is 4.90 Å². The van der Waals surface area contributed by atoms with Gasteiger partial charge in [0.05, 0.1) is 16.1 Å². The SMILES string of the molecule is Nc1ccc2cccc(NS(=O)(=O)c3ccc4ccccc4c3)c2n1. The number of benzene rings is 3. The minimum absolute atomic E-state index is 0.201. The van der Waals surface area contributed by atoms with E-state index in [2.05, 4.69) is 9.71 Å². The highest BCUT2D eigenvalue weighted by Gasteiger charge is 2.16. The molecule has 124 valence electrons. The molecule has 3 aromatic carbocycles. The van der Waals surface area contributed by atoms with Gasteiger partial charge in [-0.25, -0.2) is 13.4 Å². The van der Waals surface area contributed by atoms with Gasteiger partial charge in [-0.2, -0.15) is 0 Å². The number of fused-ring (bicyclic) bond motifs is 2. The third-order valence-corrected chi connectivity index (χ3v) is 5.38. The lowest BCUT2D eigenvalue weighted by Gasteiger charge is -2.11. The van der Waals surface area contributed by atoms with Crippen molar-refractivity contribution < 1.29 is 8.42 Å². The molecular formula is C19H15N3O2S. The largest absolute Gasteiger partial charge is 0.384 e. The van der Waals surface area contributed by atoms with Crippen LogP contribution in [0.1, 0.15) is 0 Å². The molecule has 25 heavy (non-hydrogen) atoms. The molecule has 1 aromatic heterocycles. The predicted molar refractivity (Wildman–Crippen MR) is 101 cm³/mol. The Morgan fingerprint density at radius 2 is 1.52 bits per heavy atom. The van der Waals surface area contributed by atoms with Crippen LogP contribution in [0.15, 0.2) is 77.7 Å². The Morgan fingerprint density at radius 1 is 0.800 bits per heavy atom. The Morgan fingerprint density at radius 3 is 2.36 bits per heavy atom. The van der Waals surface area contributed by atoms with Gasteiger partial charge >= 0.3 is 0 Å². The zero-order valence-corrected chi connectivity index (χ0v) is 14.0. The van der Waals surface area contributed by atoms with Crippen LogP contribution >= 0.6 is 0 Å². The van der Waals surface area contributed by atoms with Crippen LogP contribution < -0.4 is 10.5 Å². The van der Waals surface area contributed by atoms with Crippen LogP contribution in [0.3, 0.4) is 0 Å². The normalized spacial score (nSPS) is 11.7. The summed E-state index contributed by atoms with van der Waals surface area (Å²) in [5, 5.41) is 2.67. The molecule has 3 N–H and O–H groups in total. The first-order valence-electron chi connectivity index (χ1n) is 7.70. The summed E-state index contributed by atoms with van der Waals surface area (Å²) in [5.41, 5.74) is 6.66. The topological polar surface area (TPSA) is 85.1 Å². The molecule has 5 nitrogen and oxygen atoms in total. The van der Waals surface area contributed by atoms with Gasteiger partial charge in [-0.3, -0.25) is 4.72 Å². The lowest BCUT2D eigenvalue weighted by atomic mass is 10.1. The maximum absolute atomic E-state index is 12.8. The number of aromatic nitrogens is 1. The molecule has 0 unspecified atom stereocenters. The van der Waals surface area contributed by atoms with E-state index in [1.807, 2.05) is 36.4 Å². The minimum Gasteiger partial charge on any atom is -0.384 e. The van der Waals surface area contributed by atoms with Crippen molar-refractivity contribution >= 4 is 43.2 Å². The van der Waals surface area contributed by atoms with Crippen LogP contribution in [0.5, 0.6) is 0 Å². The molecule has 1 heterocycles. The minimum atomic E-state index is -3.74. The van der Waals surface area contributed by atoms with E-state index in [0.29, 0.717) is 17.0 Å². The van der Waals surface area contributed by atoms with Crippen molar-refractivity contribution in [1.29, 1.82) is 0 Å². The number of nitrogens with two attached hydrogens (primary N) is 1. The summed E-state index contributed by atoms with van der Waals surface area (Å²) < 4.78 is 28.2. The molecule has 0 bridgehead atoms. The lowest BCUT2D eigenvalue weighted by molar-refractivity contribution is 0.601. The first-order valence-corrected chi connectivity index (χ1v) is 9.18. The first kappa shape index (κ1) is 15.4. The van der Waals surface area contributed by atoms with E-state index in [4.69, 9.17) is 5.73 Å². The average Bonchev–Trinajstić information content (AvgIpc) is 2.61. The number of nitrogens with zero attached hydrogens (tertiary/aromatic N) is 1. The smallest absolute Gasteiger partial charge is 0.261 e. The average molecular weight is 349 g/mol. The van der Waals surface area contributed by atoms with Crippen molar-refractivity contribution in [2.24, 2.45) is 0 Å². The number of hydrogen-bond donors (Lipinski definition) is 2. The molecule has 0 saturated heterocycles. The molecule has 6 heteroatoms. The van der Waals surface area contributed by atoms with Gasteiger partial charge in [0.2, 0.25) is 0 Å². The molecular weight excluding hydrogens is 334 g/mol. The Hall–Kier alpha value is -3.12. The van der Waals surface area contributed by atoms with Crippen molar-refractivity contribution in [3.8, 4) is 0 Å². The van der Waals surface area contributed by atoms with Crippen LogP contribution in [0.4, 0.5) is 11.5 Å². The molecule has 0 aliphatic carbocycles. The monoisotopic (exact) mass is 349 g/mol. The highest BCUT2D eigenvalue weighted by atomic mass is 32.2. The molecule has 0 aliphatic rings. The molecule has 0 atom stereocenters. The number of anilines is 2. The van der Waals surface area contributed by atoms with Gasteiger partial charge in [-0.1, -0.05) is 42.5 Å². The third-order valence-electron chi connectivity index (χ3n) is 4.02. The Bertz CT molecular complexity index is 1200. The molecule has 4 rings (SSSR count). The van der Waals surface area contributed by atoms with Crippen LogP contribution in [-0.4, -0.2) is 13.4 Å². The van der Waals surface area contributed by atoms with Gasteiger partial charge in [0, 0.05) is 5.39 Å². The summed E-state index contributed by atoms with van der Waals surface area (Å²) in [6.07, 6.45) is 0. The maximum atomic E-state index is 12.8. The first-order chi connectivity index (χ1) is 12.0. The predicted octanol–water partition coefficient (Wildman–Crippen LogP) is 3.77. The molecule has 0 radical (unpaired) electrons. The van der Waals surface area contributed by atoms with E-state index < -0.39 is 10.0 Å². The lowest BCUT2D eigenvalue weighted by Crippen LogP contribution is -2.13. The van der Waals surface area contributed by atoms with E-state index in [0.717, 1.165) is 16.2 Å². The molecule has 0 saturated carbocycles. The standard InChI is InChI=1S/C19H15N3O2S/c20-18-11-9-14-6-3-7-17(19(14)21-18)22-25(23,24)16-10-8-13-4-1-2-5-15(13)12-16/h1-12,22H,(H2,20,21). The number of nitrogens with one attached hydrogen (secondary N) is 1. The number of pyridine rings is 1. The van der Waals surface area contributed by atoms with Gasteiger partial charge < -0.3 is 5.73 Å². The maximum Gasteiger partial charge on any atom is 0.261 e. The zero-order chi connectivity index (χ0) is 17.4. The van der Waals surface area contributed by atoms with Gasteiger partial charge in [0.1, 0.15) is 5.82 Å². The second-order valence-corrected chi connectivity index (χ2v) is 7.41. The van der Waals surface area contributed by atoms with E-state index >= 15 is 0 Å². The highest BCUT2D eigenvalue weighted by molar-refractivity contribution is 7.92. The highest BCUT2D eigenvalue weighted by Crippen LogP contribution is 2.26. The van der Waals surface area contributed by atoms with Crippen molar-refractivity contribution in [3.63, 3.8) is 0 Å². The summed E-state index contributed by atoms with van der Waals surface area (Å²) in [6.45, 7) is 0. The van der Waals surface area contributed by atoms with Crippen molar-refractivity contribution in [3.05, 3.63) is 72.8 Å². The summed E-state index contributed by atoms with van der Waals surface area (Å²) >= 11 is 0. The second kappa shape index (κ2) is 5.75. The summed E-state index contributed by atoms with van der Waals surface area (Å²) in [6, 6.07) is 21.5. The van der Waals surface area contributed by atoms with Crippen LogP contribution in [-0.2, 0) is 10.0 Å². The van der Waals surface area contributed by atoms with E-state index in [1.165, 1.54) is 0 Å². The quantitative estimate of drug-likeness (QED) is 0.589. The van der Waals surface area contributed by atoms with Gasteiger partial charge in [-0.05, 0) is 41.1 Å². The summed E-state index contributed by atoms with van der Waals surface area (Å²) in [4.78, 5) is 4.46. The summed E-state index contributed by atoms with van der Waals surface area (Å²) in [7, 11) is -3.74. The molecule has 0 aliphatic heterocycles. The van der Waals surface area contributed by atoms with Crippen molar-refractivity contribution in [2.45, 2.75) is 4.90 Å². The number of rotatable bonds is 3. The van der Waals surface area contributed by atoms with Crippen LogP contribution in [0.2, 0.25) is 0 Å².